The molecule has 2 N–H and O–H groups in total. The highest BCUT2D eigenvalue weighted by molar-refractivity contribution is 9.10. The van der Waals surface area contributed by atoms with Gasteiger partial charge in [-0.15, -0.1) is 0 Å². The minimum absolute atomic E-state index is 0.324. The zero-order valence-electron chi connectivity index (χ0n) is 9.06. The first-order valence-electron chi connectivity index (χ1n) is 4.86. The second-order valence-corrected chi connectivity index (χ2v) is 4.24. The summed E-state index contributed by atoms with van der Waals surface area (Å²) in [6.45, 7) is 0. The van der Waals surface area contributed by atoms with Crippen LogP contribution in [0.5, 0.6) is 0 Å². The number of nitrogens with two attached hydrogens (primary N) is 1. The van der Waals surface area contributed by atoms with Crippen molar-refractivity contribution in [1.82, 2.24) is 9.97 Å². The van der Waals surface area contributed by atoms with E-state index in [4.69, 9.17) is 5.73 Å². The molecule has 0 bridgehead atoms. The summed E-state index contributed by atoms with van der Waals surface area (Å²) in [7, 11) is 1.68. The van der Waals surface area contributed by atoms with Crippen LogP contribution < -0.4 is 10.6 Å². The number of para-hydroxylation sites is 1. The molecule has 2 rings (SSSR count). The van der Waals surface area contributed by atoms with Crippen molar-refractivity contribution in [3.05, 3.63) is 40.8 Å². The van der Waals surface area contributed by atoms with E-state index >= 15 is 0 Å². The van der Waals surface area contributed by atoms with Crippen LogP contribution in [0, 0.1) is 5.82 Å². The maximum atomic E-state index is 13.6. The van der Waals surface area contributed by atoms with E-state index in [-0.39, 0.29) is 5.82 Å². The van der Waals surface area contributed by atoms with Crippen LogP contribution in [-0.4, -0.2) is 17.0 Å². The summed E-state index contributed by atoms with van der Waals surface area (Å²) in [5, 5.41) is 0. The standard InChI is InChI=1S/C11H10BrFN4/c1-17(8-5-3-2-4-7(8)13)11-15-9(12)6-10(14)16-11/h2-6H,1H3,(H2,14,15,16). The number of nitrogens with zero attached hydrogens (tertiary/aromatic N) is 3. The summed E-state index contributed by atoms with van der Waals surface area (Å²) in [4.78, 5) is 9.72. The fraction of sp³-hybridized carbons (Fsp3) is 0.0909. The fourth-order valence-corrected chi connectivity index (χ4v) is 1.80. The summed E-state index contributed by atoms with van der Waals surface area (Å²) < 4.78 is 14.1. The van der Waals surface area contributed by atoms with Gasteiger partial charge in [-0.05, 0) is 28.1 Å². The third kappa shape index (κ3) is 2.52. The van der Waals surface area contributed by atoms with Crippen LogP contribution in [0.4, 0.5) is 21.8 Å². The summed E-state index contributed by atoms with van der Waals surface area (Å²) in [6.07, 6.45) is 0. The maximum Gasteiger partial charge on any atom is 0.232 e. The Hall–Kier alpha value is -1.69. The highest BCUT2D eigenvalue weighted by atomic mass is 79.9. The topological polar surface area (TPSA) is 55.0 Å². The average Bonchev–Trinajstić information content (AvgIpc) is 2.27. The maximum absolute atomic E-state index is 13.6. The molecule has 0 amide bonds. The number of hydrogen-bond donors (Lipinski definition) is 1. The number of nitrogen functional groups attached to an aromatic ring is 1. The van der Waals surface area contributed by atoms with Crippen molar-refractivity contribution in [1.29, 1.82) is 0 Å². The molecule has 0 saturated heterocycles. The lowest BCUT2D eigenvalue weighted by Crippen LogP contribution is -2.15. The molecule has 1 aromatic heterocycles. The molecule has 6 heteroatoms. The Bertz CT molecular complexity index is 526. The van der Waals surface area contributed by atoms with Crippen molar-refractivity contribution in [3.8, 4) is 0 Å². The van der Waals surface area contributed by atoms with Crippen LogP contribution in [-0.2, 0) is 0 Å². The van der Waals surface area contributed by atoms with Crippen molar-refractivity contribution in [2.75, 3.05) is 17.7 Å². The Balaban J connectivity index is 2.43. The summed E-state index contributed by atoms with van der Waals surface area (Å²) >= 11 is 3.22. The van der Waals surface area contributed by atoms with Crippen molar-refractivity contribution in [2.45, 2.75) is 0 Å². The third-order valence-electron chi connectivity index (χ3n) is 2.22. The zero-order valence-corrected chi connectivity index (χ0v) is 10.6. The van der Waals surface area contributed by atoms with Crippen LogP contribution in [0.1, 0.15) is 0 Å². The molecule has 0 atom stereocenters. The van der Waals surface area contributed by atoms with Gasteiger partial charge in [0, 0.05) is 13.1 Å². The van der Waals surface area contributed by atoms with Gasteiger partial charge in [0.25, 0.3) is 0 Å². The number of aromatic nitrogens is 2. The van der Waals surface area contributed by atoms with E-state index in [0.29, 0.717) is 22.1 Å². The molecule has 1 heterocycles. The molecule has 0 saturated carbocycles. The number of rotatable bonds is 2. The molecular weight excluding hydrogens is 287 g/mol. The first-order valence-corrected chi connectivity index (χ1v) is 5.65. The molecule has 0 aliphatic carbocycles. The predicted molar refractivity (Wildman–Crippen MR) is 68.6 cm³/mol. The Morgan fingerprint density at radius 1 is 1.29 bits per heavy atom. The molecule has 0 aliphatic rings. The van der Waals surface area contributed by atoms with E-state index in [1.54, 1.807) is 31.3 Å². The highest BCUT2D eigenvalue weighted by Gasteiger charge is 2.12. The molecule has 17 heavy (non-hydrogen) atoms. The second kappa shape index (κ2) is 4.67. The fourth-order valence-electron chi connectivity index (χ4n) is 1.40. The molecule has 88 valence electrons. The quantitative estimate of drug-likeness (QED) is 0.866. The number of halogens is 2. The second-order valence-electron chi connectivity index (χ2n) is 3.43. The van der Waals surface area contributed by atoms with E-state index in [1.807, 2.05) is 0 Å². The van der Waals surface area contributed by atoms with Gasteiger partial charge in [-0.3, -0.25) is 0 Å². The summed E-state index contributed by atoms with van der Waals surface area (Å²) in [6, 6.07) is 7.99. The van der Waals surface area contributed by atoms with Gasteiger partial charge in [0.2, 0.25) is 5.95 Å². The normalized spacial score (nSPS) is 10.3. The number of benzene rings is 1. The van der Waals surface area contributed by atoms with Gasteiger partial charge in [-0.1, -0.05) is 12.1 Å². The van der Waals surface area contributed by atoms with Gasteiger partial charge in [0.1, 0.15) is 16.2 Å². The van der Waals surface area contributed by atoms with Crippen LogP contribution in [0.25, 0.3) is 0 Å². The van der Waals surface area contributed by atoms with Crippen molar-refractivity contribution in [2.24, 2.45) is 0 Å². The van der Waals surface area contributed by atoms with Gasteiger partial charge in [0.15, 0.2) is 0 Å². The Morgan fingerprint density at radius 2 is 2.00 bits per heavy atom. The molecule has 0 radical (unpaired) electrons. The molecule has 4 nitrogen and oxygen atoms in total. The summed E-state index contributed by atoms with van der Waals surface area (Å²) in [5.74, 6) is 0.323. The van der Waals surface area contributed by atoms with E-state index in [2.05, 4.69) is 25.9 Å². The minimum Gasteiger partial charge on any atom is -0.383 e. The molecule has 1 aromatic carbocycles. The summed E-state index contributed by atoms with van der Waals surface area (Å²) in [5.41, 5.74) is 6.01. The van der Waals surface area contributed by atoms with Crippen LogP contribution in [0.15, 0.2) is 34.9 Å². The number of anilines is 3. The zero-order chi connectivity index (χ0) is 12.4. The monoisotopic (exact) mass is 296 g/mol. The van der Waals surface area contributed by atoms with E-state index in [1.165, 1.54) is 11.0 Å². The molecular formula is C11H10BrFN4. The van der Waals surface area contributed by atoms with Gasteiger partial charge in [-0.2, -0.15) is 4.98 Å². The average molecular weight is 297 g/mol. The smallest absolute Gasteiger partial charge is 0.232 e. The third-order valence-corrected chi connectivity index (χ3v) is 2.62. The Labute approximate surface area is 106 Å². The van der Waals surface area contributed by atoms with Gasteiger partial charge < -0.3 is 10.6 Å². The van der Waals surface area contributed by atoms with Gasteiger partial charge in [-0.25, -0.2) is 9.37 Å². The molecule has 0 fully saturated rings. The van der Waals surface area contributed by atoms with Gasteiger partial charge >= 0.3 is 0 Å². The van der Waals surface area contributed by atoms with E-state index < -0.39 is 0 Å². The lowest BCUT2D eigenvalue weighted by molar-refractivity contribution is 0.627. The van der Waals surface area contributed by atoms with Crippen molar-refractivity contribution in [3.63, 3.8) is 0 Å². The van der Waals surface area contributed by atoms with Crippen molar-refractivity contribution >= 4 is 33.4 Å². The molecule has 0 aliphatic heterocycles. The Morgan fingerprint density at radius 3 is 2.65 bits per heavy atom. The van der Waals surface area contributed by atoms with Crippen LogP contribution >= 0.6 is 15.9 Å². The highest BCUT2D eigenvalue weighted by Crippen LogP contribution is 2.24. The molecule has 0 unspecified atom stereocenters. The first kappa shape index (κ1) is 11.8. The first-order chi connectivity index (χ1) is 8.08. The minimum atomic E-state index is -0.336. The molecule has 2 aromatic rings. The Kier molecular flexibility index (Phi) is 3.23. The number of hydrogen-bond acceptors (Lipinski definition) is 4. The SMILES string of the molecule is CN(c1nc(N)cc(Br)n1)c1ccccc1F. The predicted octanol–water partition coefficient (Wildman–Crippen LogP) is 2.73. The van der Waals surface area contributed by atoms with E-state index in [9.17, 15) is 4.39 Å². The lowest BCUT2D eigenvalue weighted by atomic mass is 10.3. The van der Waals surface area contributed by atoms with Crippen LogP contribution in [0.2, 0.25) is 0 Å². The van der Waals surface area contributed by atoms with Crippen LogP contribution in [0.3, 0.4) is 0 Å². The van der Waals surface area contributed by atoms with Crippen molar-refractivity contribution < 1.29 is 4.39 Å². The molecule has 0 spiro atoms. The lowest BCUT2D eigenvalue weighted by Gasteiger charge is -2.18. The van der Waals surface area contributed by atoms with E-state index in [0.717, 1.165) is 0 Å². The van der Waals surface area contributed by atoms with Gasteiger partial charge in [0.05, 0.1) is 5.69 Å². The largest absolute Gasteiger partial charge is 0.383 e.